The van der Waals surface area contributed by atoms with Gasteiger partial charge in [-0.2, -0.15) is 37.7 Å². The Balaban J connectivity index is 1.61. The molecular weight excluding hydrogens is 669 g/mol. The van der Waals surface area contributed by atoms with Crippen LogP contribution in [0.4, 0.5) is 23.4 Å². The molecule has 260 valence electrons. The number of aromatic nitrogens is 4. The lowest BCUT2D eigenvalue weighted by atomic mass is 9.94. The van der Waals surface area contributed by atoms with Crippen LogP contribution in [-0.2, 0) is 16.4 Å². The van der Waals surface area contributed by atoms with Gasteiger partial charge in [-0.15, -0.1) is 5.10 Å². The van der Waals surface area contributed by atoms with Crippen LogP contribution in [0.3, 0.4) is 0 Å². The first-order valence-electron chi connectivity index (χ1n) is 15.5. The number of halogens is 4. The van der Waals surface area contributed by atoms with E-state index in [4.69, 9.17) is 4.74 Å². The van der Waals surface area contributed by atoms with Gasteiger partial charge < -0.3 is 10.1 Å². The van der Waals surface area contributed by atoms with Crippen molar-refractivity contribution in [3.63, 3.8) is 0 Å². The average molecular weight is 709 g/mol. The van der Waals surface area contributed by atoms with Crippen LogP contribution in [0.5, 0.6) is 5.88 Å². The van der Waals surface area contributed by atoms with Crippen LogP contribution in [0.25, 0.3) is 16.9 Å². The van der Waals surface area contributed by atoms with Gasteiger partial charge in [0.25, 0.3) is 10.0 Å². The number of thioether (sulfide) groups is 1. The third-order valence-corrected chi connectivity index (χ3v) is 9.41. The van der Waals surface area contributed by atoms with Gasteiger partial charge in [0.05, 0.1) is 16.8 Å². The maximum atomic E-state index is 13.7. The quantitative estimate of drug-likeness (QED) is 0.0630. The zero-order valence-corrected chi connectivity index (χ0v) is 28.7. The third-order valence-electron chi connectivity index (χ3n) is 7.54. The molecule has 0 aliphatic heterocycles. The molecule has 4 rings (SSSR count). The summed E-state index contributed by atoms with van der Waals surface area (Å²) in [7, 11) is -4.29. The number of alkyl halides is 3. The van der Waals surface area contributed by atoms with Crippen molar-refractivity contribution >= 4 is 27.6 Å². The third kappa shape index (κ3) is 10.2. The molecule has 3 heterocycles. The second-order valence-corrected chi connectivity index (χ2v) is 14.4. The average Bonchev–Trinajstić information content (AvgIpc) is 3.51. The number of nitrogens with zero attached hydrogens (tertiary/aromatic N) is 4. The van der Waals surface area contributed by atoms with E-state index < -0.39 is 39.2 Å². The highest BCUT2D eigenvalue weighted by molar-refractivity contribution is 7.98. The Labute approximate surface area is 283 Å². The number of benzene rings is 1. The lowest BCUT2D eigenvalue weighted by molar-refractivity contribution is -0.219. The topological polar surface area (TPSA) is 111 Å². The molecule has 4 aromatic rings. The molecule has 1 aromatic carbocycles. The van der Waals surface area contributed by atoms with Crippen LogP contribution in [0.1, 0.15) is 45.1 Å². The van der Waals surface area contributed by atoms with Crippen molar-refractivity contribution in [2.45, 2.75) is 57.2 Å². The van der Waals surface area contributed by atoms with Crippen molar-refractivity contribution < 1.29 is 30.7 Å². The Morgan fingerprint density at radius 2 is 1.69 bits per heavy atom. The van der Waals surface area contributed by atoms with E-state index in [2.05, 4.69) is 31.4 Å². The van der Waals surface area contributed by atoms with Crippen LogP contribution in [-0.4, -0.2) is 66.0 Å². The molecule has 0 spiro atoms. The highest BCUT2D eigenvalue weighted by Crippen LogP contribution is 2.38. The van der Waals surface area contributed by atoms with E-state index in [-0.39, 0.29) is 11.7 Å². The van der Waals surface area contributed by atoms with Gasteiger partial charge in [-0.1, -0.05) is 43.2 Å². The lowest BCUT2D eigenvalue weighted by Gasteiger charge is -2.26. The van der Waals surface area contributed by atoms with Crippen molar-refractivity contribution in [3.05, 3.63) is 78.4 Å². The molecule has 0 amide bonds. The minimum atomic E-state index is -4.47. The normalized spacial score (nSPS) is 12.3. The zero-order valence-electron chi connectivity index (χ0n) is 27.1. The molecule has 0 fully saturated rings. The second-order valence-electron chi connectivity index (χ2n) is 11.8. The Kier molecular flexibility index (Phi) is 12.9. The van der Waals surface area contributed by atoms with Crippen LogP contribution < -0.4 is 14.8 Å². The Bertz CT molecular complexity index is 1750. The molecule has 15 heteroatoms. The summed E-state index contributed by atoms with van der Waals surface area (Å²) in [5.41, 5.74) is 0.429. The first-order chi connectivity index (χ1) is 22.8. The van der Waals surface area contributed by atoms with E-state index in [1.165, 1.54) is 35.1 Å². The van der Waals surface area contributed by atoms with Gasteiger partial charge in [0.1, 0.15) is 12.4 Å². The molecule has 3 aromatic heterocycles. The van der Waals surface area contributed by atoms with E-state index >= 15 is 0 Å². The van der Waals surface area contributed by atoms with Crippen molar-refractivity contribution in [2.24, 2.45) is 5.41 Å². The summed E-state index contributed by atoms with van der Waals surface area (Å²) < 4.78 is 89.2. The van der Waals surface area contributed by atoms with Gasteiger partial charge in [0, 0.05) is 30.1 Å². The number of rotatable bonds is 18. The molecule has 2 N–H and O–H groups in total. The maximum Gasteiger partial charge on any atom is 0.397 e. The minimum absolute atomic E-state index is 0.0172. The first-order valence-corrected chi connectivity index (χ1v) is 18.4. The van der Waals surface area contributed by atoms with Crippen LogP contribution in [0.2, 0.25) is 0 Å². The Hall–Kier alpha value is -3.69. The van der Waals surface area contributed by atoms with Gasteiger partial charge in [-0.3, -0.25) is 4.72 Å². The summed E-state index contributed by atoms with van der Waals surface area (Å²) in [6, 6.07) is 15.5. The predicted molar refractivity (Wildman–Crippen MR) is 181 cm³/mol. The molecule has 0 saturated carbocycles. The first kappa shape index (κ1) is 37.1. The summed E-state index contributed by atoms with van der Waals surface area (Å²) in [5, 5.41) is 7.28. The molecule has 0 radical (unpaired) electrons. The number of ether oxygens (including phenoxy) is 1. The number of sulfonamides is 1. The standard InChI is InChI=1S/C33H40F4N6O3S2/c1-32(2,33(35,36)37)23-46-29-18-21-43(41-29)26-16-17-28(42-48(44,45)30-15-10-14-27(34)39-30)40-31(26)25-13-8-7-12-24(25)11-6-4-5-9-19-38-20-22-47-3/h7-8,10,12-18,21,38H,4-6,9,11,19-20,22-23H2,1-3H3,(H,40,42). The van der Waals surface area contributed by atoms with Gasteiger partial charge in [0.15, 0.2) is 5.03 Å². The van der Waals surface area contributed by atoms with Crippen molar-refractivity contribution in [2.75, 3.05) is 36.4 Å². The van der Waals surface area contributed by atoms with Crippen molar-refractivity contribution in [3.8, 4) is 22.8 Å². The number of aryl methyl sites for hydroxylation is 1. The van der Waals surface area contributed by atoms with Crippen molar-refractivity contribution in [1.82, 2.24) is 25.1 Å². The van der Waals surface area contributed by atoms with E-state index in [1.54, 1.807) is 6.07 Å². The molecular formula is C33H40F4N6O3S2. The van der Waals surface area contributed by atoms with Crippen LogP contribution >= 0.6 is 11.8 Å². The fourth-order valence-electron chi connectivity index (χ4n) is 4.66. The summed E-state index contributed by atoms with van der Waals surface area (Å²) in [5.74, 6) is 0.0776. The molecule has 48 heavy (non-hydrogen) atoms. The summed E-state index contributed by atoms with van der Waals surface area (Å²) in [6.45, 7) is 3.43. The summed E-state index contributed by atoms with van der Waals surface area (Å²) in [4.78, 5) is 8.14. The van der Waals surface area contributed by atoms with E-state index in [1.807, 2.05) is 36.0 Å². The molecule has 9 nitrogen and oxygen atoms in total. The number of hydrogen-bond donors (Lipinski definition) is 2. The van der Waals surface area contributed by atoms with E-state index in [9.17, 15) is 26.0 Å². The lowest BCUT2D eigenvalue weighted by Crippen LogP contribution is -2.37. The molecule has 0 saturated heterocycles. The molecule has 0 unspecified atom stereocenters. The van der Waals surface area contributed by atoms with Gasteiger partial charge in [-0.05, 0) is 75.7 Å². The zero-order chi connectivity index (χ0) is 34.8. The van der Waals surface area contributed by atoms with Crippen LogP contribution in [0, 0.1) is 11.4 Å². The number of pyridine rings is 2. The summed E-state index contributed by atoms with van der Waals surface area (Å²) >= 11 is 1.81. The Morgan fingerprint density at radius 3 is 2.44 bits per heavy atom. The fraction of sp³-hybridized carbons (Fsp3) is 0.424. The molecule has 0 atom stereocenters. The fourth-order valence-corrected chi connectivity index (χ4v) is 5.97. The molecule has 0 bridgehead atoms. The molecule has 0 aliphatic carbocycles. The SMILES string of the molecule is CSCCNCCCCCCc1ccccc1-c1nc(NS(=O)(=O)c2cccc(F)n2)ccc1-n1ccc(OCC(C)(C)C(F)(F)F)n1. The highest BCUT2D eigenvalue weighted by Gasteiger charge is 2.48. The van der Waals surface area contributed by atoms with Crippen molar-refractivity contribution in [1.29, 1.82) is 0 Å². The highest BCUT2D eigenvalue weighted by atomic mass is 32.2. The van der Waals surface area contributed by atoms with Crippen LogP contribution in [0.15, 0.2) is 71.9 Å². The predicted octanol–water partition coefficient (Wildman–Crippen LogP) is 7.29. The minimum Gasteiger partial charge on any atom is -0.476 e. The number of anilines is 1. The van der Waals surface area contributed by atoms with E-state index in [0.29, 0.717) is 11.4 Å². The summed E-state index contributed by atoms with van der Waals surface area (Å²) in [6.07, 6.45) is 3.98. The maximum absolute atomic E-state index is 13.7. The van der Waals surface area contributed by atoms with Gasteiger partial charge in [-0.25, -0.2) is 14.6 Å². The number of hydrogen-bond acceptors (Lipinski definition) is 8. The number of nitrogens with one attached hydrogen (secondary N) is 2. The molecule has 0 aliphatic rings. The Morgan fingerprint density at radius 1 is 0.917 bits per heavy atom. The van der Waals surface area contributed by atoms with Gasteiger partial charge >= 0.3 is 6.18 Å². The van der Waals surface area contributed by atoms with Gasteiger partial charge in [0.2, 0.25) is 11.8 Å². The van der Waals surface area contributed by atoms with E-state index in [0.717, 1.165) is 82.0 Å². The largest absolute Gasteiger partial charge is 0.476 e. The smallest absolute Gasteiger partial charge is 0.397 e. The second kappa shape index (κ2) is 16.6. The monoisotopic (exact) mass is 708 g/mol. The number of unbranched alkanes of at least 4 members (excludes halogenated alkanes) is 3.